The van der Waals surface area contributed by atoms with Crippen molar-refractivity contribution in [3.05, 3.63) is 15.9 Å². The molecule has 1 unspecified atom stereocenters. The number of nitrogens with zero attached hydrogens (tertiary/aromatic N) is 1. The lowest BCUT2D eigenvalue weighted by Gasteiger charge is -2.28. The second-order valence-electron chi connectivity index (χ2n) is 5.08. The first-order chi connectivity index (χ1) is 9.43. The molecule has 1 aromatic heterocycles. The van der Waals surface area contributed by atoms with Crippen molar-refractivity contribution in [2.24, 2.45) is 0 Å². The highest BCUT2D eigenvalue weighted by Crippen LogP contribution is 2.33. The number of ketones is 1. The third-order valence-corrected chi connectivity index (χ3v) is 8.07. The molecule has 7 heteroatoms. The predicted octanol–water partition coefficient (Wildman–Crippen LogP) is 3.42. The zero-order valence-electron chi connectivity index (χ0n) is 11.3. The van der Waals surface area contributed by atoms with Gasteiger partial charge in [-0.2, -0.15) is 4.31 Å². The maximum absolute atomic E-state index is 12.8. The van der Waals surface area contributed by atoms with Crippen LogP contribution in [0.2, 0.25) is 0 Å². The number of carbonyl (C=O) groups excluding carboxylic acids is 1. The molecule has 2 heterocycles. The van der Waals surface area contributed by atoms with E-state index in [1.165, 1.54) is 22.6 Å². The quantitative estimate of drug-likeness (QED) is 0.804. The third kappa shape index (κ3) is 3.50. The first-order valence-electron chi connectivity index (χ1n) is 6.67. The summed E-state index contributed by atoms with van der Waals surface area (Å²) in [6.07, 6.45) is 3.93. The largest absolute Gasteiger partial charge is 0.300 e. The number of carbonyl (C=O) groups is 1. The molecule has 1 saturated heterocycles. The lowest BCUT2D eigenvalue weighted by molar-refractivity contribution is -0.117. The van der Waals surface area contributed by atoms with Crippen LogP contribution in [0.3, 0.4) is 0 Å². The number of halogens is 1. The van der Waals surface area contributed by atoms with Gasteiger partial charge in [-0.15, -0.1) is 11.3 Å². The molecule has 4 nitrogen and oxygen atoms in total. The number of sulfonamides is 1. The molecule has 0 spiro atoms. The van der Waals surface area contributed by atoms with Crippen LogP contribution in [0.25, 0.3) is 0 Å². The Balaban J connectivity index is 2.35. The average molecular weight is 380 g/mol. The molecule has 0 amide bonds. The highest BCUT2D eigenvalue weighted by atomic mass is 79.9. The first kappa shape index (κ1) is 16.1. The van der Waals surface area contributed by atoms with Crippen LogP contribution in [0.1, 0.15) is 39.0 Å². The smallest absolute Gasteiger partial charge is 0.253 e. The number of thiophene rings is 1. The summed E-state index contributed by atoms with van der Waals surface area (Å²) in [4.78, 5) is 11.4. The molecule has 20 heavy (non-hydrogen) atoms. The minimum Gasteiger partial charge on any atom is -0.300 e. The highest BCUT2D eigenvalue weighted by Gasteiger charge is 2.34. The molecule has 0 N–H and O–H groups in total. The van der Waals surface area contributed by atoms with E-state index in [-0.39, 0.29) is 11.8 Å². The Kier molecular flexibility index (Phi) is 5.39. The zero-order valence-corrected chi connectivity index (χ0v) is 14.6. The Morgan fingerprint density at radius 3 is 2.80 bits per heavy atom. The van der Waals surface area contributed by atoms with Gasteiger partial charge < -0.3 is 0 Å². The van der Waals surface area contributed by atoms with Gasteiger partial charge in [0.05, 0.1) is 0 Å². The van der Waals surface area contributed by atoms with E-state index in [0.29, 0.717) is 21.6 Å². The fourth-order valence-electron chi connectivity index (χ4n) is 2.57. The SMILES string of the molecule is CC(=O)CC1CCCCCN1S(=O)(=O)c1sccc1Br. The van der Waals surface area contributed by atoms with Gasteiger partial charge in [0.1, 0.15) is 9.99 Å². The summed E-state index contributed by atoms with van der Waals surface area (Å²) in [7, 11) is -3.51. The van der Waals surface area contributed by atoms with E-state index in [1.54, 1.807) is 11.4 Å². The predicted molar refractivity (Wildman–Crippen MR) is 83.5 cm³/mol. The normalized spacial score (nSPS) is 21.6. The average Bonchev–Trinajstić information content (AvgIpc) is 2.65. The number of hydrogen-bond acceptors (Lipinski definition) is 4. The first-order valence-corrected chi connectivity index (χ1v) is 9.78. The van der Waals surface area contributed by atoms with Crippen molar-refractivity contribution in [3.63, 3.8) is 0 Å². The molecule has 0 bridgehead atoms. The van der Waals surface area contributed by atoms with Gasteiger partial charge >= 0.3 is 0 Å². The molecule has 0 saturated carbocycles. The topological polar surface area (TPSA) is 54.5 Å². The molecular weight excluding hydrogens is 362 g/mol. The van der Waals surface area contributed by atoms with Gasteiger partial charge in [-0.1, -0.05) is 12.8 Å². The molecule has 1 aliphatic rings. The van der Waals surface area contributed by atoms with Gasteiger partial charge in [-0.25, -0.2) is 8.42 Å². The minimum absolute atomic E-state index is 0.0438. The van der Waals surface area contributed by atoms with Crippen LogP contribution in [0.4, 0.5) is 0 Å². The number of rotatable bonds is 4. The summed E-state index contributed by atoms with van der Waals surface area (Å²) < 4.78 is 28.1. The maximum atomic E-state index is 12.8. The van der Waals surface area contributed by atoms with Crippen LogP contribution < -0.4 is 0 Å². The van der Waals surface area contributed by atoms with Gasteiger partial charge in [-0.05, 0) is 47.1 Å². The van der Waals surface area contributed by atoms with Gasteiger partial charge in [-0.3, -0.25) is 4.79 Å². The van der Waals surface area contributed by atoms with Gasteiger partial charge in [0.25, 0.3) is 10.0 Å². The van der Waals surface area contributed by atoms with Crippen LogP contribution in [-0.4, -0.2) is 31.1 Å². The van der Waals surface area contributed by atoms with E-state index >= 15 is 0 Å². The Bertz CT molecular complexity index is 582. The maximum Gasteiger partial charge on any atom is 0.253 e. The van der Waals surface area contributed by atoms with Gasteiger partial charge in [0, 0.05) is 23.5 Å². The third-order valence-electron chi connectivity index (χ3n) is 3.47. The Labute approximate surface area is 132 Å². The standard InChI is InChI=1S/C13H18BrNO3S2/c1-10(16)9-11-5-3-2-4-7-15(11)20(17,18)13-12(14)6-8-19-13/h6,8,11H,2-5,7,9H2,1H3. The van der Waals surface area contributed by atoms with Gasteiger partial charge in [0.15, 0.2) is 0 Å². The van der Waals surface area contributed by atoms with Crippen molar-refractivity contribution in [2.75, 3.05) is 6.54 Å². The molecule has 0 aliphatic carbocycles. The molecule has 2 rings (SSSR count). The van der Waals surface area contributed by atoms with Crippen LogP contribution in [0.15, 0.2) is 20.1 Å². The van der Waals surface area contributed by atoms with E-state index < -0.39 is 10.0 Å². The fraction of sp³-hybridized carbons (Fsp3) is 0.615. The van der Waals surface area contributed by atoms with Crippen molar-refractivity contribution >= 4 is 43.1 Å². The summed E-state index contributed by atoms with van der Waals surface area (Å²) in [6, 6.07) is 1.55. The summed E-state index contributed by atoms with van der Waals surface area (Å²) in [5.41, 5.74) is 0. The van der Waals surface area contributed by atoms with Crippen molar-refractivity contribution in [3.8, 4) is 0 Å². The molecule has 1 atom stereocenters. The molecule has 112 valence electrons. The van der Waals surface area contributed by atoms with Crippen LogP contribution in [-0.2, 0) is 14.8 Å². The van der Waals surface area contributed by atoms with E-state index in [1.807, 2.05) is 0 Å². The summed E-state index contributed by atoms with van der Waals surface area (Å²) in [6.45, 7) is 2.03. The van der Waals surface area contributed by atoms with Crippen molar-refractivity contribution in [1.29, 1.82) is 0 Å². The Hall–Kier alpha value is -0.240. The molecule has 0 aromatic carbocycles. The summed E-state index contributed by atoms with van der Waals surface area (Å²) in [5.74, 6) is 0.0438. The van der Waals surface area contributed by atoms with Crippen LogP contribution >= 0.6 is 27.3 Å². The van der Waals surface area contributed by atoms with Crippen molar-refractivity contribution < 1.29 is 13.2 Å². The summed E-state index contributed by atoms with van der Waals surface area (Å²) in [5, 5.41) is 1.76. The minimum atomic E-state index is -3.51. The number of Topliss-reactive ketones (excluding diaryl/α,β-unsaturated/α-hetero) is 1. The zero-order chi connectivity index (χ0) is 14.8. The lowest BCUT2D eigenvalue weighted by atomic mass is 10.1. The van der Waals surface area contributed by atoms with Gasteiger partial charge in [0.2, 0.25) is 0 Å². The highest BCUT2D eigenvalue weighted by molar-refractivity contribution is 9.10. The second kappa shape index (κ2) is 6.68. The fourth-order valence-corrected chi connectivity index (χ4v) is 6.69. The van der Waals surface area contributed by atoms with Crippen LogP contribution in [0.5, 0.6) is 0 Å². The Morgan fingerprint density at radius 2 is 2.20 bits per heavy atom. The lowest BCUT2D eigenvalue weighted by Crippen LogP contribution is -2.40. The molecule has 1 fully saturated rings. The van der Waals surface area contributed by atoms with E-state index in [4.69, 9.17) is 0 Å². The second-order valence-corrected chi connectivity index (χ2v) is 8.94. The van der Waals surface area contributed by atoms with E-state index in [0.717, 1.165) is 25.7 Å². The molecule has 1 aliphatic heterocycles. The molecule has 1 aromatic rings. The Morgan fingerprint density at radius 1 is 1.45 bits per heavy atom. The molecular formula is C13H18BrNO3S2. The van der Waals surface area contributed by atoms with Crippen LogP contribution in [0, 0.1) is 0 Å². The van der Waals surface area contributed by atoms with Crippen molar-refractivity contribution in [1.82, 2.24) is 4.31 Å². The van der Waals surface area contributed by atoms with Crippen molar-refractivity contribution in [2.45, 2.75) is 49.3 Å². The van der Waals surface area contributed by atoms with E-state index in [2.05, 4.69) is 15.9 Å². The molecule has 0 radical (unpaired) electrons. The monoisotopic (exact) mass is 379 g/mol. The number of hydrogen-bond donors (Lipinski definition) is 0. The van der Waals surface area contributed by atoms with E-state index in [9.17, 15) is 13.2 Å². The summed E-state index contributed by atoms with van der Waals surface area (Å²) >= 11 is 4.51.